The molecule has 0 saturated carbocycles. The average molecular weight is 341 g/mol. The number of aliphatic imine (C=N–C) groups is 1. The molecule has 0 aliphatic heterocycles. The second-order valence-corrected chi connectivity index (χ2v) is 3.23. The quantitative estimate of drug-likeness (QED) is 0.590. The standard InChI is InChI=1S/C11H11N.W/c1-12-10-6-5-9-11-7-3-2-4-8-11;/h2-5,7-9H,6,10H2;/b9-5+;. The third-order valence-electron chi connectivity index (χ3n) is 1.58. The van der Waals surface area contributed by atoms with Crippen molar-refractivity contribution in [2.45, 2.75) is 6.42 Å². The molecule has 0 aromatic heterocycles. The van der Waals surface area contributed by atoms with E-state index < -0.39 is 0 Å². The van der Waals surface area contributed by atoms with Gasteiger partial charge in [0, 0.05) is 0 Å². The van der Waals surface area contributed by atoms with E-state index in [0.29, 0.717) is 0 Å². The van der Waals surface area contributed by atoms with Crippen LogP contribution in [-0.2, 0) is 19.4 Å². The minimum atomic E-state index is 0.854. The predicted octanol–water partition coefficient (Wildman–Crippen LogP) is 2.54. The number of hydrogen-bond acceptors (Lipinski definition) is 1. The first kappa shape index (κ1) is 10.3. The second kappa shape index (κ2) is 6.71. The molecule has 0 atom stereocenters. The zero-order chi connectivity index (χ0) is 9.36. The molecular formula is C11H11NW. The first-order chi connectivity index (χ1) is 6.43. The Morgan fingerprint density at radius 3 is 2.77 bits per heavy atom. The van der Waals surface area contributed by atoms with Crippen molar-refractivity contribution < 1.29 is 19.4 Å². The van der Waals surface area contributed by atoms with Crippen LogP contribution in [0.2, 0.25) is 0 Å². The van der Waals surface area contributed by atoms with Crippen molar-refractivity contribution in [2.75, 3.05) is 6.54 Å². The summed E-state index contributed by atoms with van der Waals surface area (Å²) in [5.41, 5.74) is 1.25. The first-order valence-corrected chi connectivity index (χ1v) is 5.65. The average Bonchev–Trinajstić information content (AvgIpc) is 2.19. The summed E-state index contributed by atoms with van der Waals surface area (Å²) in [6, 6.07) is 10.3. The van der Waals surface area contributed by atoms with E-state index in [9.17, 15) is 0 Å². The molecule has 2 heteroatoms. The topological polar surface area (TPSA) is 12.4 Å². The molecule has 0 fully saturated rings. The Labute approximate surface area is 89.6 Å². The Morgan fingerprint density at radius 1 is 1.31 bits per heavy atom. The van der Waals surface area contributed by atoms with Crippen molar-refractivity contribution in [3.8, 4) is 0 Å². The molecule has 1 nitrogen and oxygen atoms in total. The van der Waals surface area contributed by atoms with Gasteiger partial charge in [0.25, 0.3) is 0 Å². The van der Waals surface area contributed by atoms with E-state index >= 15 is 0 Å². The molecule has 0 aliphatic rings. The number of rotatable bonds is 4. The van der Waals surface area contributed by atoms with E-state index in [1.54, 1.807) is 0 Å². The molecule has 0 spiro atoms. The van der Waals surface area contributed by atoms with Crippen molar-refractivity contribution in [3.63, 3.8) is 0 Å². The van der Waals surface area contributed by atoms with Crippen LogP contribution in [0.4, 0.5) is 0 Å². The Kier molecular flexibility index (Phi) is 5.32. The Bertz CT molecular complexity index is 310. The minimum absolute atomic E-state index is 0.854. The molecule has 13 heavy (non-hydrogen) atoms. The van der Waals surface area contributed by atoms with Crippen molar-refractivity contribution in [1.82, 2.24) is 0 Å². The van der Waals surface area contributed by atoms with Crippen LogP contribution >= 0.6 is 0 Å². The molecule has 0 saturated heterocycles. The van der Waals surface area contributed by atoms with Crippen LogP contribution < -0.4 is 0 Å². The maximum absolute atomic E-state index is 4.04. The van der Waals surface area contributed by atoms with E-state index in [1.165, 1.54) is 24.9 Å². The molecule has 0 N–H and O–H groups in total. The monoisotopic (exact) mass is 341 g/mol. The van der Waals surface area contributed by atoms with Gasteiger partial charge in [-0.2, -0.15) is 0 Å². The molecule has 66 valence electrons. The van der Waals surface area contributed by atoms with Crippen LogP contribution in [0, 0.1) is 0 Å². The van der Waals surface area contributed by atoms with Crippen LogP contribution in [0.3, 0.4) is 0 Å². The van der Waals surface area contributed by atoms with Crippen LogP contribution in [-0.4, -0.2) is 10.7 Å². The van der Waals surface area contributed by atoms with Crippen molar-refractivity contribution >= 4 is 10.3 Å². The molecule has 0 amide bonds. The number of hydrogen-bond donors (Lipinski definition) is 0. The van der Waals surface area contributed by atoms with Gasteiger partial charge in [0.2, 0.25) is 0 Å². The van der Waals surface area contributed by atoms with Gasteiger partial charge in [0.05, 0.1) is 0 Å². The summed E-state index contributed by atoms with van der Waals surface area (Å²) in [6.07, 6.45) is 5.26. The molecule has 0 heterocycles. The Morgan fingerprint density at radius 2 is 2.08 bits per heavy atom. The van der Waals surface area contributed by atoms with Gasteiger partial charge in [-0.3, -0.25) is 0 Å². The fraction of sp³-hybridized carbons (Fsp3) is 0.182. The summed E-state index contributed by atoms with van der Waals surface area (Å²) in [6.45, 7) is 0.854. The predicted molar refractivity (Wildman–Crippen MR) is 52.4 cm³/mol. The normalized spacial score (nSPS) is 9.85. The summed E-state index contributed by atoms with van der Waals surface area (Å²) in [7, 11) is 0. The summed E-state index contributed by atoms with van der Waals surface area (Å²) < 4.78 is 2.84. The molecule has 1 aromatic carbocycles. The molecule has 0 radical (unpaired) electrons. The van der Waals surface area contributed by atoms with Gasteiger partial charge in [-0.05, 0) is 0 Å². The maximum atomic E-state index is 4.04. The van der Waals surface area contributed by atoms with E-state index in [-0.39, 0.29) is 0 Å². The first-order valence-electron chi connectivity index (χ1n) is 4.18. The zero-order valence-corrected chi connectivity index (χ0v) is 10.2. The van der Waals surface area contributed by atoms with Gasteiger partial charge in [0.15, 0.2) is 0 Å². The third kappa shape index (κ3) is 4.72. The SMILES string of the molecule is [W]=[C]=NCC/C=C/c1ccccc1. The Hall–Kier alpha value is -0.772. The fourth-order valence-electron chi connectivity index (χ4n) is 0.968. The Balaban J connectivity index is 2.36. The van der Waals surface area contributed by atoms with E-state index in [2.05, 4.69) is 33.5 Å². The molecule has 1 rings (SSSR count). The van der Waals surface area contributed by atoms with Crippen LogP contribution in [0.15, 0.2) is 41.4 Å². The van der Waals surface area contributed by atoms with Crippen molar-refractivity contribution in [3.05, 3.63) is 42.0 Å². The van der Waals surface area contributed by atoms with Crippen molar-refractivity contribution in [2.24, 2.45) is 4.99 Å². The van der Waals surface area contributed by atoms with Crippen LogP contribution in [0.25, 0.3) is 6.08 Å². The van der Waals surface area contributed by atoms with Gasteiger partial charge < -0.3 is 0 Å². The van der Waals surface area contributed by atoms with E-state index in [1.807, 2.05) is 18.2 Å². The zero-order valence-electron chi connectivity index (χ0n) is 7.31. The molecule has 0 bridgehead atoms. The van der Waals surface area contributed by atoms with E-state index in [4.69, 9.17) is 0 Å². The summed E-state index contributed by atoms with van der Waals surface area (Å²) >= 11 is 1.29. The van der Waals surface area contributed by atoms with Crippen LogP contribution in [0.5, 0.6) is 0 Å². The second-order valence-electron chi connectivity index (χ2n) is 2.57. The van der Waals surface area contributed by atoms with Gasteiger partial charge in [-0.1, -0.05) is 0 Å². The summed E-state index contributed by atoms with van der Waals surface area (Å²) in [5.74, 6) is 0. The van der Waals surface area contributed by atoms with Crippen LogP contribution in [0.1, 0.15) is 12.0 Å². The summed E-state index contributed by atoms with van der Waals surface area (Å²) in [5, 5.41) is 0. The van der Waals surface area contributed by atoms with Gasteiger partial charge >= 0.3 is 89.6 Å². The van der Waals surface area contributed by atoms with Gasteiger partial charge in [-0.15, -0.1) is 0 Å². The van der Waals surface area contributed by atoms with Gasteiger partial charge in [-0.25, -0.2) is 0 Å². The van der Waals surface area contributed by atoms with Gasteiger partial charge in [0.1, 0.15) is 0 Å². The molecule has 0 unspecified atom stereocenters. The molecular weight excluding hydrogens is 330 g/mol. The molecule has 1 aromatic rings. The molecule has 0 aliphatic carbocycles. The van der Waals surface area contributed by atoms with Crippen molar-refractivity contribution in [1.29, 1.82) is 0 Å². The van der Waals surface area contributed by atoms with E-state index in [0.717, 1.165) is 13.0 Å². The summed E-state index contributed by atoms with van der Waals surface area (Å²) in [4.78, 5) is 4.04. The third-order valence-corrected chi connectivity index (χ3v) is 2.05. The number of nitrogens with zero attached hydrogens (tertiary/aromatic N) is 1. The number of benzene rings is 1. The fourth-order valence-corrected chi connectivity index (χ4v) is 1.30.